The molecule has 2 amide bonds. The number of halogens is 1. The molecule has 2 aliphatic heterocycles. The second-order valence-corrected chi connectivity index (χ2v) is 8.82. The Balaban J connectivity index is 1.49. The summed E-state index contributed by atoms with van der Waals surface area (Å²) in [5, 5.41) is 0. The van der Waals surface area contributed by atoms with Crippen molar-refractivity contribution in [3.8, 4) is 5.75 Å². The van der Waals surface area contributed by atoms with Gasteiger partial charge in [-0.15, -0.1) is 11.6 Å². The van der Waals surface area contributed by atoms with Crippen LogP contribution in [0.25, 0.3) is 0 Å². The van der Waals surface area contributed by atoms with E-state index >= 15 is 0 Å². The Bertz CT molecular complexity index is 693. The predicted octanol–water partition coefficient (Wildman–Crippen LogP) is 4.06. The molecule has 28 heavy (non-hydrogen) atoms. The van der Waals surface area contributed by atoms with Crippen molar-refractivity contribution in [1.82, 2.24) is 4.90 Å². The zero-order valence-corrected chi connectivity index (χ0v) is 17.6. The summed E-state index contributed by atoms with van der Waals surface area (Å²) in [7, 11) is 0. The number of rotatable bonds is 4. The van der Waals surface area contributed by atoms with Crippen LogP contribution in [0.2, 0.25) is 0 Å². The first-order valence-electron chi connectivity index (χ1n) is 9.86. The van der Waals surface area contributed by atoms with Crippen LogP contribution in [-0.4, -0.2) is 54.1 Å². The summed E-state index contributed by atoms with van der Waals surface area (Å²) in [5.41, 5.74) is 0.400. The van der Waals surface area contributed by atoms with E-state index in [0.29, 0.717) is 31.9 Å². The van der Waals surface area contributed by atoms with Gasteiger partial charge in [-0.25, -0.2) is 4.79 Å². The molecule has 2 fully saturated rings. The highest BCUT2D eigenvalue weighted by Crippen LogP contribution is 2.28. The average molecular weight is 409 g/mol. The van der Waals surface area contributed by atoms with Crippen LogP contribution >= 0.6 is 11.6 Å². The van der Waals surface area contributed by atoms with E-state index in [1.807, 2.05) is 45.0 Å². The van der Waals surface area contributed by atoms with Crippen LogP contribution in [0.1, 0.15) is 40.0 Å². The van der Waals surface area contributed by atoms with E-state index in [-0.39, 0.29) is 24.0 Å². The quantitative estimate of drug-likeness (QED) is 0.705. The molecule has 0 N–H and O–H groups in total. The van der Waals surface area contributed by atoms with Crippen molar-refractivity contribution in [2.75, 3.05) is 30.4 Å². The number of carbonyl (C=O) groups excluding carboxylic acids is 2. The van der Waals surface area contributed by atoms with Gasteiger partial charge < -0.3 is 19.3 Å². The molecule has 0 aliphatic carbocycles. The van der Waals surface area contributed by atoms with E-state index in [1.165, 1.54) is 0 Å². The first-order chi connectivity index (χ1) is 13.2. The molecule has 0 bridgehead atoms. The molecule has 2 aliphatic rings. The lowest BCUT2D eigenvalue weighted by Gasteiger charge is -2.33. The first kappa shape index (κ1) is 20.8. The van der Waals surface area contributed by atoms with Crippen LogP contribution < -0.4 is 9.64 Å². The molecular formula is C21H29ClN2O4. The van der Waals surface area contributed by atoms with Crippen molar-refractivity contribution in [3.63, 3.8) is 0 Å². The van der Waals surface area contributed by atoms with Gasteiger partial charge in [0.2, 0.25) is 5.91 Å². The van der Waals surface area contributed by atoms with Gasteiger partial charge >= 0.3 is 6.09 Å². The molecule has 0 aromatic heterocycles. The van der Waals surface area contributed by atoms with Crippen LogP contribution in [-0.2, 0) is 9.53 Å². The molecule has 0 radical (unpaired) electrons. The number of anilines is 1. The maximum Gasteiger partial charge on any atom is 0.410 e. The Labute approximate surface area is 171 Å². The average Bonchev–Trinajstić information content (AvgIpc) is 3.02. The summed E-state index contributed by atoms with van der Waals surface area (Å²) in [6, 6.07) is 7.63. The number of carbonyl (C=O) groups is 2. The Kier molecular flexibility index (Phi) is 6.38. The van der Waals surface area contributed by atoms with Crippen molar-refractivity contribution in [2.45, 2.75) is 51.7 Å². The Morgan fingerprint density at radius 1 is 1.18 bits per heavy atom. The van der Waals surface area contributed by atoms with E-state index < -0.39 is 5.60 Å². The minimum absolute atomic E-state index is 0.0681. The van der Waals surface area contributed by atoms with Crippen LogP contribution in [0.15, 0.2) is 24.3 Å². The molecule has 0 saturated carbocycles. The van der Waals surface area contributed by atoms with Crippen molar-refractivity contribution in [1.29, 1.82) is 0 Å². The van der Waals surface area contributed by atoms with E-state index in [2.05, 4.69) is 0 Å². The molecule has 0 spiro atoms. The molecule has 2 heterocycles. The highest BCUT2D eigenvalue weighted by Gasteiger charge is 2.30. The largest absolute Gasteiger partial charge is 0.490 e. The molecule has 154 valence electrons. The van der Waals surface area contributed by atoms with Gasteiger partial charge in [-0.2, -0.15) is 0 Å². The molecule has 7 heteroatoms. The molecule has 6 nitrogen and oxygen atoms in total. The van der Waals surface area contributed by atoms with E-state index in [1.54, 1.807) is 9.80 Å². The number of alkyl halides is 1. The van der Waals surface area contributed by atoms with Gasteiger partial charge in [0.1, 0.15) is 17.5 Å². The van der Waals surface area contributed by atoms with Gasteiger partial charge in [0.15, 0.2) is 0 Å². The summed E-state index contributed by atoms with van der Waals surface area (Å²) in [5.74, 6) is 1.62. The highest BCUT2D eigenvalue weighted by atomic mass is 35.5. The number of benzene rings is 1. The SMILES string of the molecule is CC(C)(C)OC(=O)N1CCC(Oc2ccc(N3CC(CCl)CC3=O)cc2)CC1. The Morgan fingerprint density at radius 2 is 1.82 bits per heavy atom. The minimum Gasteiger partial charge on any atom is -0.490 e. The third-order valence-electron chi connectivity index (χ3n) is 4.97. The second-order valence-electron chi connectivity index (χ2n) is 8.51. The lowest BCUT2D eigenvalue weighted by Crippen LogP contribution is -2.44. The predicted molar refractivity (Wildman–Crippen MR) is 109 cm³/mol. The second kappa shape index (κ2) is 8.60. The first-order valence-corrected chi connectivity index (χ1v) is 10.4. The molecule has 1 atom stereocenters. The van der Waals surface area contributed by atoms with Crippen molar-refractivity contribution in [2.24, 2.45) is 5.92 Å². The number of hydrogen-bond acceptors (Lipinski definition) is 4. The molecular weight excluding hydrogens is 380 g/mol. The summed E-state index contributed by atoms with van der Waals surface area (Å²) in [6.45, 7) is 7.53. The van der Waals surface area contributed by atoms with Gasteiger partial charge in [0, 0.05) is 50.5 Å². The number of amides is 2. The maximum atomic E-state index is 12.1. The lowest BCUT2D eigenvalue weighted by atomic mass is 10.1. The van der Waals surface area contributed by atoms with Gasteiger partial charge in [0.25, 0.3) is 0 Å². The third kappa shape index (κ3) is 5.31. The van der Waals surface area contributed by atoms with Crippen molar-refractivity contribution >= 4 is 29.3 Å². The third-order valence-corrected chi connectivity index (χ3v) is 5.40. The number of likely N-dealkylation sites (tertiary alicyclic amines) is 1. The fourth-order valence-corrected chi connectivity index (χ4v) is 3.72. The summed E-state index contributed by atoms with van der Waals surface area (Å²) >= 11 is 5.89. The number of ether oxygens (including phenoxy) is 2. The Morgan fingerprint density at radius 3 is 2.36 bits per heavy atom. The van der Waals surface area contributed by atoms with Crippen LogP contribution in [0.3, 0.4) is 0 Å². The van der Waals surface area contributed by atoms with Gasteiger partial charge in [-0.3, -0.25) is 4.79 Å². The molecule has 1 unspecified atom stereocenters. The number of piperidine rings is 1. The standard InChI is InChI=1S/C21H29ClN2O4/c1-21(2,3)28-20(26)23-10-8-18(9-11-23)27-17-6-4-16(5-7-17)24-14-15(13-22)12-19(24)25/h4-7,15,18H,8-14H2,1-3H3. The monoisotopic (exact) mass is 408 g/mol. The topological polar surface area (TPSA) is 59.1 Å². The van der Waals surface area contributed by atoms with E-state index in [0.717, 1.165) is 24.3 Å². The maximum absolute atomic E-state index is 12.1. The van der Waals surface area contributed by atoms with Gasteiger partial charge in [-0.1, -0.05) is 0 Å². The fourth-order valence-electron chi connectivity index (χ4n) is 3.51. The number of nitrogens with zero attached hydrogens (tertiary/aromatic N) is 2. The van der Waals surface area contributed by atoms with Crippen LogP contribution in [0.5, 0.6) is 5.75 Å². The van der Waals surface area contributed by atoms with Crippen molar-refractivity contribution < 1.29 is 19.1 Å². The highest BCUT2D eigenvalue weighted by molar-refractivity contribution is 6.18. The normalized spacial score (nSPS) is 21.1. The smallest absolute Gasteiger partial charge is 0.410 e. The fraction of sp³-hybridized carbons (Fsp3) is 0.619. The van der Waals surface area contributed by atoms with Crippen molar-refractivity contribution in [3.05, 3.63) is 24.3 Å². The number of hydrogen-bond donors (Lipinski definition) is 0. The zero-order valence-electron chi connectivity index (χ0n) is 16.8. The summed E-state index contributed by atoms with van der Waals surface area (Å²) < 4.78 is 11.5. The van der Waals surface area contributed by atoms with Crippen LogP contribution in [0.4, 0.5) is 10.5 Å². The Hall–Kier alpha value is -1.95. The molecule has 3 rings (SSSR count). The zero-order chi connectivity index (χ0) is 20.3. The van der Waals surface area contributed by atoms with Crippen LogP contribution in [0, 0.1) is 5.92 Å². The summed E-state index contributed by atoms with van der Waals surface area (Å²) in [6.07, 6.45) is 1.85. The van der Waals surface area contributed by atoms with Gasteiger partial charge in [0.05, 0.1) is 0 Å². The minimum atomic E-state index is -0.479. The lowest BCUT2D eigenvalue weighted by molar-refractivity contribution is -0.117. The molecule has 2 saturated heterocycles. The van der Waals surface area contributed by atoms with E-state index in [4.69, 9.17) is 21.1 Å². The van der Waals surface area contributed by atoms with Gasteiger partial charge in [-0.05, 0) is 51.0 Å². The summed E-state index contributed by atoms with van der Waals surface area (Å²) in [4.78, 5) is 27.8. The van der Waals surface area contributed by atoms with E-state index in [9.17, 15) is 9.59 Å². The molecule has 1 aromatic rings. The molecule has 1 aromatic carbocycles.